The molecule has 4 rings (SSSR count). The Morgan fingerprint density at radius 3 is 2.59 bits per heavy atom. The molecular formula is C18H18N4. The molecule has 4 N–H and O–H groups in total. The Balaban J connectivity index is 1.70. The van der Waals surface area contributed by atoms with Gasteiger partial charge in [0.2, 0.25) is 0 Å². The summed E-state index contributed by atoms with van der Waals surface area (Å²) in [4.78, 5) is 11.4. The summed E-state index contributed by atoms with van der Waals surface area (Å²) in [7, 11) is 0. The molecule has 2 heterocycles. The third kappa shape index (κ3) is 2.18. The third-order valence-electron chi connectivity index (χ3n) is 4.22. The van der Waals surface area contributed by atoms with Crippen LogP contribution in [-0.4, -0.2) is 21.5 Å². The maximum Gasteiger partial charge on any atom is 0.111 e. The number of nitrogens with two attached hydrogens (primary N) is 1. The molecule has 4 nitrogen and oxygen atoms in total. The molecule has 1 atom stereocenters. The Bertz CT molecular complexity index is 886. The van der Waals surface area contributed by atoms with E-state index in [0.29, 0.717) is 6.54 Å². The highest BCUT2D eigenvalue weighted by Crippen LogP contribution is 2.25. The summed E-state index contributed by atoms with van der Waals surface area (Å²) < 4.78 is 0. The number of H-pyrrole nitrogens is 2. The zero-order valence-corrected chi connectivity index (χ0v) is 12.2. The van der Waals surface area contributed by atoms with Crippen molar-refractivity contribution in [1.29, 1.82) is 0 Å². The van der Waals surface area contributed by atoms with Gasteiger partial charge in [-0.05, 0) is 30.2 Å². The van der Waals surface area contributed by atoms with E-state index >= 15 is 0 Å². The molecule has 110 valence electrons. The highest BCUT2D eigenvalue weighted by molar-refractivity contribution is 5.83. The van der Waals surface area contributed by atoms with Gasteiger partial charge in [0.25, 0.3) is 0 Å². The molecule has 2 aromatic carbocycles. The second-order valence-corrected chi connectivity index (χ2v) is 5.64. The monoisotopic (exact) mass is 290 g/mol. The Morgan fingerprint density at radius 2 is 1.77 bits per heavy atom. The number of benzene rings is 2. The SMILES string of the molecule is NCC(Cc1c[nH]c2ccccc12)c1nc2ccccc2[nH]1. The summed E-state index contributed by atoms with van der Waals surface area (Å²) in [5.41, 5.74) is 10.5. The van der Waals surface area contributed by atoms with Crippen LogP contribution < -0.4 is 5.73 Å². The first-order valence-corrected chi connectivity index (χ1v) is 7.55. The van der Waals surface area contributed by atoms with Crippen molar-refractivity contribution >= 4 is 21.9 Å². The van der Waals surface area contributed by atoms with Crippen molar-refractivity contribution < 1.29 is 0 Å². The van der Waals surface area contributed by atoms with Gasteiger partial charge in [-0.25, -0.2) is 4.98 Å². The average Bonchev–Trinajstić information content (AvgIpc) is 3.16. The third-order valence-corrected chi connectivity index (χ3v) is 4.22. The minimum absolute atomic E-state index is 0.187. The minimum atomic E-state index is 0.187. The van der Waals surface area contributed by atoms with Crippen LogP contribution in [0, 0.1) is 0 Å². The van der Waals surface area contributed by atoms with Gasteiger partial charge in [0.15, 0.2) is 0 Å². The summed E-state index contributed by atoms with van der Waals surface area (Å²) in [6.07, 6.45) is 2.95. The van der Waals surface area contributed by atoms with E-state index in [2.05, 4.69) is 34.4 Å². The molecule has 0 bridgehead atoms. The molecule has 0 saturated heterocycles. The predicted octanol–water partition coefficient (Wildman–Crippen LogP) is 3.33. The molecule has 1 unspecified atom stereocenters. The Kier molecular flexibility index (Phi) is 3.16. The smallest absolute Gasteiger partial charge is 0.111 e. The van der Waals surface area contributed by atoms with E-state index in [4.69, 9.17) is 10.7 Å². The van der Waals surface area contributed by atoms with Crippen LogP contribution in [0.5, 0.6) is 0 Å². The number of imidazole rings is 1. The van der Waals surface area contributed by atoms with Gasteiger partial charge in [0.05, 0.1) is 11.0 Å². The highest BCUT2D eigenvalue weighted by Gasteiger charge is 2.17. The Hall–Kier alpha value is -2.59. The van der Waals surface area contributed by atoms with Gasteiger partial charge in [0.1, 0.15) is 5.82 Å². The molecule has 0 aliphatic carbocycles. The molecule has 0 radical (unpaired) electrons. The van der Waals surface area contributed by atoms with Crippen LogP contribution in [0.1, 0.15) is 17.3 Å². The molecule has 2 aromatic heterocycles. The average molecular weight is 290 g/mol. The van der Waals surface area contributed by atoms with E-state index in [0.717, 1.165) is 28.8 Å². The molecule has 0 aliphatic heterocycles. The summed E-state index contributed by atoms with van der Waals surface area (Å²) in [5, 5.41) is 1.26. The van der Waals surface area contributed by atoms with Gasteiger partial charge in [0, 0.05) is 29.6 Å². The second kappa shape index (κ2) is 5.31. The van der Waals surface area contributed by atoms with Crippen molar-refractivity contribution in [3.8, 4) is 0 Å². The fraction of sp³-hybridized carbons (Fsp3) is 0.167. The Labute approximate surface area is 128 Å². The minimum Gasteiger partial charge on any atom is -0.361 e. The summed E-state index contributed by atoms with van der Waals surface area (Å²) in [6, 6.07) is 16.4. The van der Waals surface area contributed by atoms with E-state index in [1.54, 1.807) is 0 Å². The fourth-order valence-electron chi connectivity index (χ4n) is 3.02. The zero-order chi connectivity index (χ0) is 14.9. The van der Waals surface area contributed by atoms with Crippen LogP contribution in [0.4, 0.5) is 0 Å². The number of fused-ring (bicyclic) bond motifs is 2. The zero-order valence-electron chi connectivity index (χ0n) is 12.2. The second-order valence-electron chi connectivity index (χ2n) is 5.64. The topological polar surface area (TPSA) is 70.5 Å². The van der Waals surface area contributed by atoms with Gasteiger partial charge in [-0.1, -0.05) is 30.3 Å². The van der Waals surface area contributed by atoms with Gasteiger partial charge in [-0.3, -0.25) is 0 Å². The Morgan fingerprint density at radius 1 is 1.00 bits per heavy atom. The summed E-state index contributed by atoms with van der Waals surface area (Å²) >= 11 is 0. The van der Waals surface area contributed by atoms with E-state index in [1.165, 1.54) is 10.9 Å². The lowest BCUT2D eigenvalue weighted by molar-refractivity contribution is 0.661. The van der Waals surface area contributed by atoms with Crippen LogP contribution in [0.25, 0.3) is 21.9 Å². The van der Waals surface area contributed by atoms with Crippen molar-refractivity contribution in [2.75, 3.05) is 6.54 Å². The quantitative estimate of drug-likeness (QED) is 0.539. The number of hydrogen-bond acceptors (Lipinski definition) is 2. The first kappa shape index (κ1) is 13.1. The lowest BCUT2D eigenvalue weighted by Gasteiger charge is -2.11. The molecule has 0 fully saturated rings. The van der Waals surface area contributed by atoms with Crippen LogP contribution >= 0.6 is 0 Å². The van der Waals surface area contributed by atoms with E-state index in [-0.39, 0.29) is 5.92 Å². The molecule has 4 aromatic rings. The molecule has 0 aliphatic rings. The highest BCUT2D eigenvalue weighted by atomic mass is 14.9. The number of hydrogen-bond donors (Lipinski definition) is 3. The van der Waals surface area contributed by atoms with Gasteiger partial charge >= 0.3 is 0 Å². The van der Waals surface area contributed by atoms with Crippen LogP contribution in [0.2, 0.25) is 0 Å². The largest absolute Gasteiger partial charge is 0.361 e. The van der Waals surface area contributed by atoms with E-state index < -0.39 is 0 Å². The number of aromatic nitrogens is 3. The lowest BCUT2D eigenvalue weighted by Crippen LogP contribution is -2.16. The van der Waals surface area contributed by atoms with Crippen molar-refractivity contribution in [3.05, 3.63) is 66.1 Å². The molecular weight excluding hydrogens is 272 g/mol. The number of rotatable bonds is 4. The number of nitrogens with zero attached hydrogens (tertiary/aromatic N) is 1. The first-order valence-electron chi connectivity index (χ1n) is 7.55. The van der Waals surface area contributed by atoms with E-state index in [1.807, 2.05) is 30.3 Å². The van der Waals surface area contributed by atoms with Crippen LogP contribution in [0.15, 0.2) is 54.7 Å². The molecule has 22 heavy (non-hydrogen) atoms. The van der Waals surface area contributed by atoms with E-state index in [9.17, 15) is 0 Å². The standard InChI is InChI=1S/C18H18N4/c19-10-12(18-21-16-7-3-4-8-17(16)22-18)9-13-11-20-15-6-2-1-5-14(13)15/h1-8,11-12,20H,9-10,19H2,(H,21,22). The summed E-state index contributed by atoms with van der Waals surface area (Å²) in [5.74, 6) is 1.15. The van der Waals surface area contributed by atoms with Crippen molar-refractivity contribution in [3.63, 3.8) is 0 Å². The van der Waals surface area contributed by atoms with Crippen LogP contribution in [0.3, 0.4) is 0 Å². The first-order chi connectivity index (χ1) is 10.8. The number of para-hydroxylation sites is 3. The maximum atomic E-state index is 6.02. The van der Waals surface area contributed by atoms with Gasteiger partial charge in [-0.15, -0.1) is 0 Å². The number of aromatic amines is 2. The van der Waals surface area contributed by atoms with Crippen LogP contribution in [-0.2, 0) is 6.42 Å². The normalized spacial score (nSPS) is 13.0. The lowest BCUT2D eigenvalue weighted by atomic mass is 9.98. The maximum absolute atomic E-state index is 6.02. The summed E-state index contributed by atoms with van der Waals surface area (Å²) in [6.45, 7) is 0.569. The number of nitrogens with one attached hydrogen (secondary N) is 2. The van der Waals surface area contributed by atoms with Gasteiger partial charge in [-0.2, -0.15) is 0 Å². The van der Waals surface area contributed by atoms with Crippen molar-refractivity contribution in [1.82, 2.24) is 15.0 Å². The molecule has 0 saturated carbocycles. The van der Waals surface area contributed by atoms with Crippen molar-refractivity contribution in [2.45, 2.75) is 12.3 Å². The van der Waals surface area contributed by atoms with Gasteiger partial charge < -0.3 is 15.7 Å². The fourth-order valence-corrected chi connectivity index (χ4v) is 3.02. The molecule has 0 spiro atoms. The molecule has 0 amide bonds. The van der Waals surface area contributed by atoms with Crippen molar-refractivity contribution in [2.24, 2.45) is 5.73 Å². The molecule has 4 heteroatoms. The predicted molar refractivity (Wildman–Crippen MR) is 89.9 cm³/mol.